The van der Waals surface area contributed by atoms with Crippen molar-refractivity contribution in [2.45, 2.75) is 13.8 Å². The number of carbonyl (C=O) groups excluding carboxylic acids is 1. The van der Waals surface area contributed by atoms with Crippen molar-refractivity contribution in [1.29, 1.82) is 0 Å². The molecule has 0 fully saturated rings. The molecule has 0 saturated carbocycles. The van der Waals surface area contributed by atoms with E-state index in [1.807, 2.05) is 13.0 Å². The van der Waals surface area contributed by atoms with E-state index < -0.39 is 11.0 Å². The Bertz CT molecular complexity index is 1040. The number of para-hydroxylation sites is 1. The zero-order chi connectivity index (χ0) is 20.1. The molecule has 0 radical (unpaired) electrons. The molecule has 0 bridgehead atoms. The minimum atomic E-state index is -0.487. The molecule has 28 heavy (non-hydrogen) atoms. The summed E-state index contributed by atoms with van der Waals surface area (Å²) in [5, 5.41) is 17.6. The van der Waals surface area contributed by atoms with Gasteiger partial charge in [0.15, 0.2) is 0 Å². The van der Waals surface area contributed by atoms with Gasteiger partial charge in [0.2, 0.25) is 0 Å². The lowest BCUT2D eigenvalue weighted by Crippen LogP contribution is -2.24. The highest BCUT2D eigenvalue weighted by Gasteiger charge is 2.16. The topological polar surface area (TPSA) is 110 Å². The van der Waals surface area contributed by atoms with Gasteiger partial charge in [0, 0.05) is 22.9 Å². The summed E-state index contributed by atoms with van der Waals surface area (Å²) < 4.78 is 5.68. The Labute approximate surface area is 161 Å². The van der Waals surface area contributed by atoms with E-state index in [0.717, 1.165) is 5.56 Å². The number of aryl methyl sites for hydroxylation is 2. The van der Waals surface area contributed by atoms with Gasteiger partial charge in [-0.3, -0.25) is 10.1 Å². The van der Waals surface area contributed by atoms with E-state index in [0.29, 0.717) is 28.3 Å². The third-order valence-corrected chi connectivity index (χ3v) is 4.02. The smallest absolute Gasteiger partial charge is 0.339 e. The molecule has 3 rings (SSSR count). The van der Waals surface area contributed by atoms with Crippen molar-refractivity contribution in [1.82, 2.24) is 5.43 Å². The van der Waals surface area contributed by atoms with Gasteiger partial charge in [-0.2, -0.15) is 5.10 Å². The molecule has 1 aromatic heterocycles. The fourth-order valence-electron chi connectivity index (χ4n) is 2.71. The number of carbonyl (C=O) groups is 1. The van der Waals surface area contributed by atoms with Crippen LogP contribution in [0.3, 0.4) is 0 Å². The average molecular weight is 378 g/mol. The number of urea groups is 1. The quantitative estimate of drug-likeness (QED) is 0.383. The number of amides is 2. The van der Waals surface area contributed by atoms with Crippen LogP contribution >= 0.6 is 0 Å². The Kier molecular flexibility index (Phi) is 5.50. The van der Waals surface area contributed by atoms with Crippen molar-refractivity contribution in [2.75, 3.05) is 5.32 Å². The highest BCUT2D eigenvalue weighted by molar-refractivity contribution is 5.90. The number of nitrogens with zero attached hydrogens (tertiary/aromatic N) is 2. The number of anilines is 1. The first kappa shape index (κ1) is 18.8. The third kappa shape index (κ3) is 4.42. The molecule has 0 aliphatic heterocycles. The molecular formula is C20H18N4O4. The summed E-state index contributed by atoms with van der Waals surface area (Å²) in [6.45, 7) is 3.55. The first-order valence-corrected chi connectivity index (χ1v) is 8.45. The molecule has 0 atom stereocenters. The molecule has 8 heteroatoms. The van der Waals surface area contributed by atoms with E-state index in [2.05, 4.69) is 15.8 Å². The second kappa shape index (κ2) is 8.17. The van der Waals surface area contributed by atoms with E-state index in [4.69, 9.17) is 4.42 Å². The van der Waals surface area contributed by atoms with Crippen LogP contribution in [0.2, 0.25) is 0 Å². The Balaban J connectivity index is 1.69. The third-order valence-electron chi connectivity index (χ3n) is 4.02. The largest absolute Gasteiger partial charge is 0.455 e. The summed E-state index contributed by atoms with van der Waals surface area (Å²) in [4.78, 5) is 22.5. The van der Waals surface area contributed by atoms with Crippen LogP contribution in [0, 0.1) is 24.0 Å². The van der Waals surface area contributed by atoms with Crippen LogP contribution in [-0.2, 0) is 0 Å². The van der Waals surface area contributed by atoms with Crippen molar-refractivity contribution in [2.24, 2.45) is 5.10 Å². The Hall–Kier alpha value is -3.94. The molecule has 0 unspecified atom stereocenters. The molecule has 0 aliphatic rings. The van der Waals surface area contributed by atoms with Crippen LogP contribution in [0.5, 0.6) is 0 Å². The number of hydrogen-bond donors (Lipinski definition) is 2. The predicted octanol–water partition coefficient (Wildman–Crippen LogP) is 4.63. The average Bonchev–Trinajstić information content (AvgIpc) is 3.11. The predicted molar refractivity (Wildman–Crippen MR) is 106 cm³/mol. The second-order valence-corrected chi connectivity index (χ2v) is 6.10. The Morgan fingerprint density at radius 3 is 2.57 bits per heavy atom. The minimum absolute atomic E-state index is 0.0338. The van der Waals surface area contributed by atoms with Crippen molar-refractivity contribution >= 4 is 23.6 Å². The molecule has 2 aromatic carbocycles. The lowest BCUT2D eigenvalue weighted by atomic mass is 10.0. The molecule has 0 saturated heterocycles. The first-order valence-electron chi connectivity index (χ1n) is 8.45. The minimum Gasteiger partial charge on any atom is -0.455 e. The molecule has 3 aromatic rings. The number of furan rings is 1. The zero-order valence-electron chi connectivity index (χ0n) is 15.3. The second-order valence-electron chi connectivity index (χ2n) is 6.10. The molecular weight excluding hydrogens is 360 g/mol. The zero-order valence-corrected chi connectivity index (χ0v) is 15.3. The number of hydrogen-bond acceptors (Lipinski definition) is 5. The van der Waals surface area contributed by atoms with Gasteiger partial charge in [0.25, 0.3) is 5.69 Å². The summed E-state index contributed by atoms with van der Waals surface area (Å²) in [5.74, 6) is 0.883. The van der Waals surface area contributed by atoms with Gasteiger partial charge >= 0.3 is 6.03 Å². The monoisotopic (exact) mass is 378 g/mol. The van der Waals surface area contributed by atoms with Gasteiger partial charge in [0.05, 0.1) is 11.1 Å². The van der Waals surface area contributed by atoms with E-state index in [-0.39, 0.29) is 5.69 Å². The Morgan fingerprint density at radius 2 is 1.86 bits per heavy atom. The van der Waals surface area contributed by atoms with Crippen molar-refractivity contribution < 1.29 is 14.1 Å². The first-order chi connectivity index (χ1) is 13.4. The molecule has 8 nitrogen and oxygen atoms in total. The summed E-state index contributed by atoms with van der Waals surface area (Å²) in [7, 11) is 0. The van der Waals surface area contributed by atoms with Crippen LogP contribution in [0.4, 0.5) is 16.2 Å². The lowest BCUT2D eigenvalue weighted by Gasteiger charge is -2.05. The molecule has 2 amide bonds. The number of nitro groups is 1. The fraction of sp³-hybridized carbons (Fsp3) is 0.100. The summed E-state index contributed by atoms with van der Waals surface area (Å²) >= 11 is 0. The summed E-state index contributed by atoms with van der Waals surface area (Å²) in [5.41, 5.74) is 5.11. The standard InChI is InChI=1S/C20H18N4O4/c1-13-10-14(2)18(24(26)27)11-17(13)19-9-8-16(28-19)12-21-23-20(25)22-15-6-4-3-5-7-15/h3-12H,1-2H3,(H2,22,23,25)/b21-12+. The Morgan fingerprint density at radius 1 is 1.11 bits per heavy atom. The van der Waals surface area contributed by atoms with E-state index in [1.165, 1.54) is 12.3 Å². The van der Waals surface area contributed by atoms with Crippen LogP contribution in [0.1, 0.15) is 16.9 Å². The van der Waals surface area contributed by atoms with Crippen LogP contribution in [0.25, 0.3) is 11.3 Å². The maximum absolute atomic E-state index is 11.8. The number of nitro benzene ring substituents is 1. The van der Waals surface area contributed by atoms with E-state index in [9.17, 15) is 14.9 Å². The van der Waals surface area contributed by atoms with Gasteiger partial charge in [-0.05, 0) is 49.7 Å². The summed E-state index contributed by atoms with van der Waals surface area (Å²) in [6.07, 6.45) is 1.35. The van der Waals surface area contributed by atoms with Gasteiger partial charge in [0.1, 0.15) is 11.5 Å². The van der Waals surface area contributed by atoms with Gasteiger partial charge < -0.3 is 9.73 Å². The van der Waals surface area contributed by atoms with E-state index in [1.54, 1.807) is 49.4 Å². The maximum atomic E-state index is 11.8. The maximum Gasteiger partial charge on any atom is 0.339 e. The number of nitrogens with one attached hydrogen (secondary N) is 2. The SMILES string of the molecule is Cc1cc(C)c([N+](=O)[O-])cc1-c1ccc(/C=N/NC(=O)Nc2ccccc2)o1. The summed E-state index contributed by atoms with van der Waals surface area (Å²) in [6, 6.07) is 15.1. The molecule has 0 spiro atoms. The van der Waals surface area contributed by atoms with Gasteiger partial charge in [-0.1, -0.05) is 18.2 Å². The molecule has 142 valence electrons. The lowest BCUT2D eigenvalue weighted by molar-refractivity contribution is -0.385. The molecule has 2 N–H and O–H groups in total. The number of benzene rings is 2. The van der Waals surface area contributed by atoms with Crippen LogP contribution in [0.15, 0.2) is 64.1 Å². The van der Waals surface area contributed by atoms with Crippen LogP contribution < -0.4 is 10.7 Å². The fourth-order valence-corrected chi connectivity index (χ4v) is 2.71. The molecule has 0 aliphatic carbocycles. The highest BCUT2D eigenvalue weighted by Crippen LogP contribution is 2.31. The highest BCUT2D eigenvalue weighted by atomic mass is 16.6. The van der Waals surface area contributed by atoms with E-state index >= 15 is 0 Å². The van der Waals surface area contributed by atoms with Crippen molar-refractivity contribution in [3.8, 4) is 11.3 Å². The van der Waals surface area contributed by atoms with Gasteiger partial charge in [-0.25, -0.2) is 10.2 Å². The number of rotatable bonds is 5. The molecule has 1 heterocycles. The van der Waals surface area contributed by atoms with Crippen LogP contribution in [-0.4, -0.2) is 17.2 Å². The van der Waals surface area contributed by atoms with Crippen molar-refractivity contribution in [3.05, 3.63) is 81.6 Å². The van der Waals surface area contributed by atoms with Gasteiger partial charge in [-0.15, -0.1) is 0 Å². The normalized spacial score (nSPS) is 10.8. The number of hydrazone groups is 1. The van der Waals surface area contributed by atoms with Crippen molar-refractivity contribution in [3.63, 3.8) is 0 Å².